The number of hydrogen-bond acceptors (Lipinski definition) is 4. The third-order valence-electron chi connectivity index (χ3n) is 3.96. The number of aromatic nitrogens is 2. The fraction of sp³-hybridized carbons (Fsp3) is 0. The van der Waals surface area contributed by atoms with Crippen LogP contribution in [0, 0.1) is 11.3 Å². The lowest BCUT2D eigenvalue weighted by Crippen LogP contribution is -1.91. The number of H-pyrrole nitrogens is 1. The van der Waals surface area contributed by atoms with Gasteiger partial charge in [-0.25, -0.2) is 0 Å². The molecule has 0 saturated carbocycles. The van der Waals surface area contributed by atoms with E-state index in [-0.39, 0.29) is 5.75 Å². The van der Waals surface area contributed by atoms with E-state index in [1.165, 1.54) is 0 Å². The zero-order chi connectivity index (χ0) is 17.2. The average Bonchev–Trinajstić information content (AvgIpc) is 3.05. The van der Waals surface area contributed by atoms with Crippen LogP contribution in [0.4, 0.5) is 11.4 Å². The van der Waals surface area contributed by atoms with Gasteiger partial charge in [0.2, 0.25) is 0 Å². The smallest absolute Gasteiger partial charge is 0.118 e. The van der Waals surface area contributed by atoms with Gasteiger partial charge < -0.3 is 15.4 Å². The summed E-state index contributed by atoms with van der Waals surface area (Å²) in [6.45, 7) is 0. The highest BCUT2D eigenvalue weighted by Gasteiger charge is 2.09. The van der Waals surface area contributed by atoms with Crippen molar-refractivity contribution in [2.45, 2.75) is 0 Å². The SMILES string of the molecule is N#Cc1cc2c(-c3cc(O)cc(Nc4cccnc4)c3)cccc2[nH]1. The maximum atomic E-state index is 10.1. The summed E-state index contributed by atoms with van der Waals surface area (Å²) in [7, 11) is 0. The molecule has 2 heterocycles. The van der Waals surface area contributed by atoms with Crippen LogP contribution in [0.1, 0.15) is 5.69 Å². The summed E-state index contributed by atoms with van der Waals surface area (Å²) in [5.74, 6) is 0.164. The second kappa shape index (κ2) is 6.02. The van der Waals surface area contributed by atoms with Gasteiger partial charge in [0.15, 0.2) is 0 Å². The van der Waals surface area contributed by atoms with Crippen molar-refractivity contribution in [1.82, 2.24) is 9.97 Å². The number of aromatic amines is 1. The van der Waals surface area contributed by atoms with Crippen molar-refractivity contribution in [1.29, 1.82) is 5.26 Å². The number of nitriles is 1. The van der Waals surface area contributed by atoms with Gasteiger partial charge in [-0.2, -0.15) is 5.26 Å². The minimum atomic E-state index is 0.164. The maximum absolute atomic E-state index is 10.1. The van der Waals surface area contributed by atoms with E-state index < -0.39 is 0 Å². The molecule has 0 amide bonds. The van der Waals surface area contributed by atoms with E-state index in [9.17, 15) is 5.11 Å². The van der Waals surface area contributed by atoms with Crippen LogP contribution in [0.25, 0.3) is 22.0 Å². The Bertz CT molecular complexity index is 1090. The minimum Gasteiger partial charge on any atom is -0.508 e. The number of nitrogens with one attached hydrogen (secondary N) is 2. The third kappa shape index (κ3) is 2.89. The summed E-state index contributed by atoms with van der Waals surface area (Å²) in [6, 6.07) is 18.9. The fourth-order valence-corrected chi connectivity index (χ4v) is 2.91. The molecule has 4 rings (SSSR count). The van der Waals surface area contributed by atoms with Crippen LogP contribution < -0.4 is 5.32 Å². The van der Waals surface area contributed by atoms with Gasteiger partial charge in [-0.05, 0) is 47.5 Å². The Morgan fingerprint density at radius 3 is 2.76 bits per heavy atom. The van der Waals surface area contributed by atoms with Gasteiger partial charge in [0.1, 0.15) is 17.5 Å². The number of anilines is 2. The van der Waals surface area contributed by atoms with Crippen molar-refractivity contribution in [3.8, 4) is 22.9 Å². The summed E-state index contributed by atoms with van der Waals surface area (Å²) in [4.78, 5) is 7.15. The van der Waals surface area contributed by atoms with Crippen LogP contribution in [-0.4, -0.2) is 15.1 Å². The number of nitrogens with zero attached hydrogens (tertiary/aromatic N) is 2. The number of phenols is 1. The van der Waals surface area contributed by atoms with Crippen molar-refractivity contribution >= 4 is 22.3 Å². The van der Waals surface area contributed by atoms with Crippen molar-refractivity contribution in [3.05, 3.63) is 72.7 Å². The lowest BCUT2D eigenvalue weighted by Gasteiger charge is -2.10. The van der Waals surface area contributed by atoms with E-state index in [1.807, 2.05) is 42.5 Å². The molecule has 5 nitrogen and oxygen atoms in total. The number of fused-ring (bicyclic) bond motifs is 1. The van der Waals surface area contributed by atoms with Crippen LogP contribution in [0.5, 0.6) is 5.75 Å². The lowest BCUT2D eigenvalue weighted by molar-refractivity contribution is 0.476. The highest BCUT2D eigenvalue weighted by molar-refractivity contribution is 5.97. The van der Waals surface area contributed by atoms with Crippen molar-refractivity contribution in [2.24, 2.45) is 0 Å². The fourth-order valence-electron chi connectivity index (χ4n) is 2.91. The molecule has 4 aromatic rings. The van der Waals surface area contributed by atoms with Crippen LogP contribution in [0.15, 0.2) is 67.0 Å². The molecule has 0 unspecified atom stereocenters. The van der Waals surface area contributed by atoms with Crippen LogP contribution >= 0.6 is 0 Å². The third-order valence-corrected chi connectivity index (χ3v) is 3.96. The van der Waals surface area contributed by atoms with Crippen molar-refractivity contribution in [2.75, 3.05) is 5.32 Å². The molecule has 0 fully saturated rings. The number of pyridine rings is 1. The molecule has 0 aliphatic rings. The molecule has 2 aromatic carbocycles. The first-order valence-corrected chi connectivity index (χ1v) is 7.76. The maximum Gasteiger partial charge on any atom is 0.118 e. The Morgan fingerprint density at radius 1 is 1.04 bits per heavy atom. The van der Waals surface area contributed by atoms with Crippen LogP contribution in [-0.2, 0) is 0 Å². The van der Waals surface area contributed by atoms with E-state index in [0.29, 0.717) is 5.69 Å². The predicted octanol–water partition coefficient (Wildman–Crippen LogP) is 4.55. The highest BCUT2D eigenvalue weighted by Crippen LogP contribution is 2.34. The van der Waals surface area contributed by atoms with Crippen LogP contribution in [0.2, 0.25) is 0 Å². The second-order valence-electron chi connectivity index (χ2n) is 5.70. The van der Waals surface area contributed by atoms with Gasteiger partial charge in [-0.1, -0.05) is 12.1 Å². The molecular weight excluding hydrogens is 312 g/mol. The molecule has 0 aliphatic carbocycles. The average molecular weight is 326 g/mol. The van der Waals surface area contributed by atoms with Crippen molar-refractivity contribution < 1.29 is 5.11 Å². The zero-order valence-electron chi connectivity index (χ0n) is 13.2. The molecule has 0 aliphatic heterocycles. The molecule has 0 radical (unpaired) electrons. The first-order chi connectivity index (χ1) is 12.2. The van der Waals surface area contributed by atoms with E-state index in [0.717, 1.165) is 33.4 Å². The number of rotatable bonds is 3. The minimum absolute atomic E-state index is 0.164. The molecule has 25 heavy (non-hydrogen) atoms. The van der Waals surface area contributed by atoms with Gasteiger partial charge in [-0.15, -0.1) is 0 Å². The molecule has 2 aromatic heterocycles. The highest BCUT2D eigenvalue weighted by atomic mass is 16.3. The molecular formula is C20H14N4O. The summed E-state index contributed by atoms with van der Waals surface area (Å²) in [6.07, 6.45) is 3.42. The van der Waals surface area contributed by atoms with Gasteiger partial charge in [0.25, 0.3) is 0 Å². The Kier molecular flexibility index (Phi) is 3.56. The zero-order valence-corrected chi connectivity index (χ0v) is 13.2. The number of phenolic OH excluding ortho intramolecular Hbond substituents is 1. The van der Waals surface area contributed by atoms with Crippen LogP contribution in [0.3, 0.4) is 0 Å². The molecule has 3 N–H and O–H groups in total. The standard InChI is InChI=1S/C20H14N4O/c21-11-16-10-19-18(4-1-5-20(19)24-16)13-7-15(9-17(25)8-13)23-14-3-2-6-22-12-14/h1-10,12,23-25H. The van der Waals surface area contributed by atoms with Gasteiger partial charge in [0, 0.05) is 28.9 Å². The van der Waals surface area contributed by atoms with Gasteiger partial charge in [0.05, 0.1) is 11.9 Å². The monoisotopic (exact) mass is 326 g/mol. The first kappa shape index (κ1) is 14.8. The summed E-state index contributed by atoms with van der Waals surface area (Å²) >= 11 is 0. The largest absolute Gasteiger partial charge is 0.508 e. The Balaban J connectivity index is 1.81. The Hall–Kier alpha value is -3.78. The number of aromatic hydroxyl groups is 1. The van der Waals surface area contributed by atoms with E-state index in [2.05, 4.69) is 21.4 Å². The van der Waals surface area contributed by atoms with E-state index in [4.69, 9.17) is 5.26 Å². The normalized spacial score (nSPS) is 10.5. The number of hydrogen-bond donors (Lipinski definition) is 3. The predicted molar refractivity (Wildman–Crippen MR) is 97.6 cm³/mol. The topological polar surface area (TPSA) is 84.7 Å². The Labute approximate surface area is 144 Å². The van der Waals surface area contributed by atoms with E-state index >= 15 is 0 Å². The summed E-state index contributed by atoms with van der Waals surface area (Å²) in [5, 5.41) is 23.4. The summed E-state index contributed by atoms with van der Waals surface area (Å²) < 4.78 is 0. The van der Waals surface area contributed by atoms with Gasteiger partial charge in [-0.3, -0.25) is 4.98 Å². The van der Waals surface area contributed by atoms with Gasteiger partial charge >= 0.3 is 0 Å². The first-order valence-electron chi connectivity index (χ1n) is 7.76. The molecule has 0 bridgehead atoms. The molecule has 5 heteroatoms. The summed E-state index contributed by atoms with van der Waals surface area (Å²) in [5.41, 5.74) is 4.80. The Morgan fingerprint density at radius 2 is 1.96 bits per heavy atom. The van der Waals surface area contributed by atoms with Crippen molar-refractivity contribution in [3.63, 3.8) is 0 Å². The quantitative estimate of drug-likeness (QED) is 0.515. The second-order valence-corrected chi connectivity index (χ2v) is 5.70. The number of benzene rings is 2. The molecule has 120 valence electrons. The molecule has 0 saturated heterocycles. The lowest BCUT2D eigenvalue weighted by atomic mass is 10.0. The molecule has 0 spiro atoms. The molecule has 0 atom stereocenters. The van der Waals surface area contributed by atoms with E-state index in [1.54, 1.807) is 24.5 Å².